The molecule has 23 heavy (non-hydrogen) atoms. The van der Waals surface area contributed by atoms with Crippen LogP contribution in [0.3, 0.4) is 0 Å². The standard InChI is InChI=1S/C15H14N4O4/c1-18-12(8-11(17-18)15(22)23)9-2-4-10(5-3-9)19-7-6-16-13(20)14(19)21/h2-5,8H,6-7H2,1H3,(H,16,20)(H,22,23). The molecule has 0 atom stereocenters. The fraction of sp³-hybridized carbons (Fsp3) is 0.200. The number of aromatic carboxylic acids is 1. The minimum Gasteiger partial charge on any atom is -0.476 e. The maximum Gasteiger partial charge on any atom is 0.356 e. The molecule has 8 heteroatoms. The monoisotopic (exact) mass is 314 g/mol. The number of nitrogens with one attached hydrogen (secondary N) is 1. The number of carbonyl (C=O) groups excluding carboxylic acids is 2. The molecule has 1 aliphatic heterocycles. The minimum atomic E-state index is -1.09. The highest BCUT2D eigenvalue weighted by Gasteiger charge is 2.27. The van der Waals surface area contributed by atoms with E-state index in [1.807, 2.05) is 0 Å². The van der Waals surface area contributed by atoms with Crippen LogP contribution in [0.1, 0.15) is 10.5 Å². The van der Waals surface area contributed by atoms with Gasteiger partial charge in [0.15, 0.2) is 5.69 Å². The van der Waals surface area contributed by atoms with E-state index in [0.29, 0.717) is 24.5 Å². The number of aromatic nitrogens is 2. The zero-order valence-corrected chi connectivity index (χ0v) is 12.3. The average molecular weight is 314 g/mol. The van der Waals surface area contributed by atoms with Crippen LogP contribution in [0, 0.1) is 0 Å². The van der Waals surface area contributed by atoms with E-state index in [0.717, 1.165) is 5.56 Å². The maximum atomic E-state index is 11.8. The van der Waals surface area contributed by atoms with Gasteiger partial charge in [0.2, 0.25) is 0 Å². The summed E-state index contributed by atoms with van der Waals surface area (Å²) in [6, 6.07) is 8.45. The van der Waals surface area contributed by atoms with Crippen molar-refractivity contribution in [1.29, 1.82) is 0 Å². The van der Waals surface area contributed by atoms with Gasteiger partial charge in [0.05, 0.1) is 5.69 Å². The van der Waals surface area contributed by atoms with Crippen LogP contribution in [0.25, 0.3) is 11.3 Å². The Labute approximate surface area is 131 Å². The molecule has 3 rings (SSSR count). The van der Waals surface area contributed by atoms with Crippen molar-refractivity contribution in [1.82, 2.24) is 15.1 Å². The molecule has 8 nitrogen and oxygen atoms in total. The van der Waals surface area contributed by atoms with Crippen molar-refractivity contribution >= 4 is 23.5 Å². The molecule has 1 saturated heterocycles. The Morgan fingerprint density at radius 2 is 1.96 bits per heavy atom. The van der Waals surface area contributed by atoms with E-state index in [4.69, 9.17) is 5.11 Å². The van der Waals surface area contributed by atoms with Gasteiger partial charge in [-0.2, -0.15) is 5.10 Å². The zero-order chi connectivity index (χ0) is 16.6. The molecule has 1 aliphatic rings. The van der Waals surface area contributed by atoms with Gasteiger partial charge in [0, 0.05) is 25.8 Å². The number of carbonyl (C=O) groups is 3. The number of amides is 2. The van der Waals surface area contributed by atoms with Crippen molar-refractivity contribution in [2.75, 3.05) is 18.0 Å². The number of benzene rings is 1. The lowest BCUT2D eigenvalue weighted by atomic mass is 10.1. The second-order valence-corrected chi connectivity index (χ2v) is 5.10. The SMILES string of the molecule is Cn1nc(C(=O)O)cc1-c1ccc(N2CCNC(=O)C2=O)cc1. The molecule has 2 heterocycles. The highest BCUT2D eigenvalue weighted by molar-refractivity contribution is 6.41. The Hall–Kier alpha value is -3.16. The van der Waals surface area contributed by atoms with E-state index in [2.05, 4.69) is 10.4 Å². The Balaban J connectivity index is 1.89. The smallest absolute Gasteiger partial charge is 0.356 e. The number of nitrogens with zero attached hydrogens (tertiary/aromatic N) is 3. The van der Waals surface area contributed by atoms with Crippen molar-refractivity contribution < 1.29 is 19.5 Å². The van der Waals surface area contributed by atoms with E-state index in [1.165, 1.54) is 15.6 Å². The van der Waals surface area contributed by atoms with E-state index in [-0.39, 0.29) is 5.69 Å². The molecular formula is C15H14N4O4. The summed E-state index contributed by atoms with van der Waals surface area (Å²) in [5.74, 6) is -2.29. The summed E-state index contributed by atoms with van der Waals surface area (Å²) in [6.45, 7) is 0.828. The van der Waals surface area contributed by atoms with Crippen LogP contribution in [-0.2, 0) is 16.6 Å². The lowest BCUT2D eigenvalue weighted by Gasteiger charge is -2.26. The van der Waals surface area contributed by atoms with E-state index in [1.54, 1.807) is 31.3 Å². The lowest BCUT2D eigenvalue weighted by molar-refractivity contribution is -0.138. The largest absolute Gasteiger partial charge is 0.476 e. The molecule has 1 fully saturated rings. The molecule has 2 N–H and O–H groups in total. The third kappa shape index (κ3) is 2.66. The van der Waals surface area contributed by atoms with Gasteiger partial charge in [-0.3, -0.25) is 14.3 Å². The molecule has 0 spiro atoms. The van der Waals surface area contributed by atoms with E-state index in [9.17, 15) is 14.4 Å². The van der Waals surface area contributed by atoms with Crippen LogP contribution in [0.4, 0.5) is 5.69 Å². The number of carboxylic acid groups (broad SMARTS) is 1. The van der Waals surface area contributed by atoms with Gasteiger partial charge in [-0.05, 0) is 23.8 Å². The summed E-state index contributed by atoms with van der Waals surface area (Å²) in [7, 11) is 1.66. The quantitative estimate of drug-likeness (QED) is 0.790. The Kier molecular flexibility index (Phi) is 3.57. The summed E-state index contributed by atoms with van der Waals surface area (Å²) in [6.07, 6.45) is 0. The number of carboxylic acids is 1. The number of rotatable bonds is 3. The molecule has 2 aromatic rings. The molecule has 0 saturated carbocycles. The fourth-order valence-corrected chi connectivity index (χ4v) is 2.48. The first-order chi connectivity index (χ1) is 11.0. The van der Waals surface area contributed by atoms with Crippen molar-refractivity contribution in [2.24, 2.45) is 7.05 Å². The summed E-state index contributed by atoms with van der Waals surface area (Å²) in [4.78, 5) is 35.6. The number of aryl methyl sites for hydroxylation is 1. The highest BCUT2D eigenvalue weighted by atomic mass is 16.4. The van der Waals surface area contributed by atoms with Crippen LogP contribution < -0.4 is 10.2 Å². The first-order valence-corrected chi connectivity index (χ1v) is 6.95. The number of anilines is 1. The van der Waals surface area contributed by atoms with Gasteiger partial charge in [-0.1, -0.05) is 12.1 Å². The average Bonchev–Trinajstić information content (AvgIpc) is 2.92. The Bertz CT molecular complexity index is 794. The number of hydrogen-bond acceptors (Lipinski definition) is 4. The molecule has 0 radical (unpaired) electrons. The normalized spacial score (nSPS) is 14.7. The second-order valence-electron chi connectivity index (χ2n) is 5.10. The van der Waals surface area contributed by atoms with Crippen molar-refractivity contribution in [3.8, 4) is 11.3 Å². The number of hydrogen-bond donors (Lipinski definition) is 2. The molecule has 0 bridgehead atoms. The second kappa shape index (κ2) is 5.56. The Morgan fingerprint density at radius 1 is 1.26 bits per heavy atom. The third-order valence-electron chi connectivity index (χ3n) is 3.63. The molecule has 118 valence electrons. The predicted octanol–water partition coefficient (Wildman–Crippen LogP) is 0.248. The van der Waals surface area contributed by atoms with Crippen LogP contribution in [0.15, 0.2) is 30.3 Å². The molecular weight excluding hydrogens is 300 g/mol. The van der Waals surface area contributed by atoms with E-state index < -0.39 is 17.8 Å². The summed E-state index contributed by atoms with van der Waals surface area (Å²) < 4.78 is 1.48. The maximum absolute atomic E-state index is 11.8. The lowest BCUT2D eigenvalue weighted by Crippen LogP contribution is -2.52. The fourth-order valence-electron chi connectivity index (χ4n) is 2.48. The van der Waals surface area contributed by atoms with Crippen LogP contribution >= 0.6 is 0 Å². The predicted molar refractivity (Wildman–Crippen MR) is 81.0 cm³/mol. The highest BCUT2D eigenvalue weighted by Crippen LogP contribution is 2.24. The van der Waals surface area contributed by atoms with Gasteiger partial charge < -0.3 is 15.3 Å². The topological polar surface area (TPSA) is 105 Å². The van der Waals surface area contributed by atoms with Gasteiger partial charge >= 0.3 is 17.8 Å². The van der Waals surface area contributed by atoms with Crippen molar-refractivity contribution in [2.45, 2.75) is 0 Å². The summed E-state index contributed by atoms with van der Waals surface area (Å²) in [5, 5.41) is 15.4. The summed E-state index contributed by atoms with van der Waals surface area (Å²) >= 11 is 0. The third-order valence-corrected chi connectivity index (χ3v) is 3.63. The van der Waals surface area contributed by atoms with Gasteiger partial charge in [-0.15, -0.1) is 0 Å². The first-order valence-electron chi connectivity index (χ1n) is 6.95. The van der Waals surface area contributed by atoms with Crippen LogP contribution in [-0.4, -0.2) is 45.8 Å². The Morgan fingerprint density at radius 3 is 2.57 bits per heavy atom. The van der Waals surface area contributed by atoms with Crippen molar-refractivity contribution in [3.63, 3.8) is 0 Å². The molecule has 2 amide bonds. The minimum absolute atomic E-state index is 0.0329. The zero-order valence-electron chi connectivity index (χ0n) is 12.3. The van der Waals surface area contributed by atoms with Crippen molar-refractivity contribution in [3.05, 3.63) is 36.0 Å². The van der Waals surface area contributed by atoms with Gasteiger partial charge in [-0.25, -0.2) is 4.79 Å². The van der Waals surface area contributed by atoms with Gasteiger partial charge in [0.1, 0.15) is 0 Å². The molecule has 0 unspecified atom stereocenters. The first kappa shape index (κ1) is 14.8. The van der Waals surface area contributed by atoms with E-state index >= 15 is 0 Å². The molecule has 1 aromatic heterocycles. The molecule has 1 aromatic carbocycles. The van der Waals surface area contributed by atoms with Crippen LogP contribution in [0.2, 0.25) is 0 Å². The summed E-state index contributed by atoms with van der Waals surface area (Å²) in [5.41, 5.74) is 2.01. The van der Waals surface area contributed by atoms with Gasteiger partial charge in [0.25, 0.3) is 0 Å². The molecule has 0 aliphatic carbocycles. The number of piperazine rings is 1. The van der Waals surface area contributed by atoms with Crippen LogP contribution in [0.5, 0.6) is 0 Å².